The molecule has 1 heterocycles. The van der Waals surface area contributed by atoms with Crippen molar-refractivity contribution in [3.05, 3.63) is 72.3 Å². The van der Waals surface area contributed by atoms with Crippen LogP contribution < -0.4 is 9.47 Å². The van der Waals surface area contributed by atoms with Crippen LogP contribution in [0.2, 0.25) is 0 Å². The third-order valence-corrected chi connectivity index (χ3v) is 4.93. The van der Waals surface area contributed by atoms with E-state index < -0.39 is 12.3 Å². The fourth-order valence-corrected chi connectivity index (χ4v) is 3.42. The number of methoxy groups -OCH3 is 1. The first-order chi connectivity index (χ1) is 14.7. The van der Waals surface area contributed by atoms with Crippen molar-refractivity contribution in [1.82, 2.24) is 0 Å². The van der Waals surface area contributed by atoms with Gasteiger partial charge in [0, 0.05) is 17.9 Å². The van der Waals surface area contributed by atoms with Crippen molar-refractivity contribution in [3.63, 3.8) is 0 Å². The molecule has 2 aromatic carbocycles. The molecule has 0 aliphatic carbocycles. The van der Waals surface area contributed by atoms with Crippen LogP contribution in [0.25, 0.3) is 0 Å². The average Bonchev–Trinajstić information content (AvgIpc) is 2.78. The molecule has 1 fully saturated rings. The zero-order chi connectivity index (χ0) is 21.2. The molecule has 0 saturated carbocycles. The molecule has 160 valence electrons. The Morgan fingerprint density at radius 1 is 1.13 bits per heavy atom. The van der Waals surface area contributed by atoms with Crippen LogP contribution >= 0.6 is 0 Å². The first kappa shape index (κ1) is 21.9. The minimum absolute atomic E-state index is 0.0790. The summed E-state index contributed by atoms with van der Waals surface area (Å²) in [5.74, 6) is 0.821. The van der Waals surface area contributed by atoms with Gasteiger partial charge in [0.1, 0.15) is 18.1 Å². The normalized spacial score (nSPS) is 21.4. The summed E-state index contributed by atoms with van der Waals surface area (Å²) in [4.78, 5) is 10.7. The summed E-state index contributed by atoms with van der Waals surface area (Å²) in [5, 5.41) is 8.77. The second-order valence-electron chi connectivity index (χ2n) is 7.09. The molecule has 1 N–H and O–H groups in total. The average molecular weight is 412 g/mol. The number of benzene rings is 2. The van der Waals surface area contributed by atoms with E-state index in [1.54, 1.807) is 7.11 Å². The molecule has 0 aromatic heterocycles. The molecule has 0 bridgehead atoms. The highest BCUT2D eigenvalue weighted by atomic mass is 16.7. The number of ether oxygens (including phenoxy) is 4. The largest absolute Gasteiger partial charge is 0.496 e. The fourth-order valence-electron chi connectivity index (χ4n) is 3.42. The van der Waals surface area contributed by atoms with Crippen LogP contribution in [0.3, 0.4) is 0 Å². The molecule has 0 amide bonds. The Morgan fingerprint density at radius 3 is 2.67 bits per heavy atom. The lowest BCUT2D eigenvalue weighted by Gasteiger charge is -2.37. The van der Waals surface area contributed by atoms with E-state index in [9.17, 15) is 4.79 Å². The predicted octanol–water partition coefficient (Wildman–Crippen LogP) is 4.62. The quantitative estimate of drug-likeness (QED) is 0.574. The molecular formula is C24H28O6. The van der Waals surface area contributed by atoms with Gasteiger partial charge in [0.2, 0.25) is 0 Å². The molecule has 6 nitrogen and oxygen atoms in total. The third-order valence-electron chi connectivity index (χ3n) is 4.93. The van der Waals surface area contributed by atoms with E-state index in [0.29, 0.717) is 19.4 Å². The van der Waals surface area contributed by atoms with Crippen molar-refractivity contribution in [1.29, 1.82) is 0 Å². The first-order valence-electron chi connectivity index (χ1n) is 10.1. The van der Waals surface area contributed by atoms with Gasteiger partial charge in [-0.05, 0) is 31.0 Å². The van der Waals surface area contributed by atoms with Gasteiger partial charge in [-0.2, -0.15) is 0 Å². The molecule has 1 aliphatic rings. The summed E-state index contributed by atoms with van der Waals surface area (Å²) in [6, 6.07) is 17.4. The Morgan fingerprint density at radius 2 is 1.90 bits per heavy atom. The van der Waals surface area contributed by atoms with Crippen molar-refractivity contribution >= 4 is 5.97 Å². The number of carboxylic acid groups (broad SMARTS) is 1. The topological polar surface area (TPSA) is 74.2 Å². The summed E-state index contributed by atoms with van der Waals surface area (Å²) in [6.07, 6.45) is 4.55. The van der Waals surface area contributed by atoms with Crippen LogP contribution in [0, 0.1) is 5.92 Å². The van der Waals surface area contributed by atoms with Gasteiger partial charge in [0.25, 0.3) is 0 Å². The summed E-state index contributed by atoms with van der Waals surface area (Å²) >= 11 is 0. The highest BCUT2D eigenvalue weighted by Crippen LogP contribution is 2.39. The molecule has 1 saturated heterocycles. The summed E-state index contributed by atoms with van der Waals surface area (Å²) < 4.78 is 23.6. The monoisotopic (exact) mass is 412 g/mol. The SMILES string of the molecule is COc1ccccc1C1OC(COc2ccccc2)OCC1C/C=C\CCC(=O)O. The third kappa shape index (κ3) is 6.34. The van der Waals surface area contributed by atoms with E-state index >= 15 is 0 Å². The summed E-state index contributed by atoms with van der Waals surface area (Å²) in [6.45, 7) is 0.797. The van der Waals surface area contributed by atoms with E-state index in [2.05, 4.69) is 0 Å². The maximum Gasteiger partial charge on any atom is 0.303 e. The van der Waals surface area contributed by atoms with Crippen molar-refractivity contribution < 1.29 is 28.8 Å². The molecule has 0 radical (unpaired) electrons. The van der Waals surface area contributed by atoms with Crippen molar-refractivity contribution in [3.8, 4) is 11.5 Å². The second-order valence-corrected chi connectivity index (χ2v) is 7.09. The lowest BCUT2D eigenvalue weighted by atomic mass is 9.91. The number of allylic oxidation sites excluding steroid dienone is 2. The number of hydrogen-bond donors (Lipinski definition) is 1. The Labute approximate surface area is 177 Å². The molecule has 0 spiro atoms. The lowest BCUT2D eigenvalue weighted by Crippen LogP contribution is -2.38. The van der Waals surface area contributed by atoms with Gasteiger partial charge in [-0.1, -0.05) is 48.6 Å². The fraction of sp³-hybridized carbons (Fsp3) is 0.375. The minimum Gasteiger partial charge on any atom is -0.496 e. The smallest absolute Gasteiger partial charge is 0.303 e. The Bertz CT molecular complexity index is 819. The molecule has 30 heavy (non-hydrogen) atoms. The van der Waals surface area contributed by atoms with Crippen LogP contribution in [0.15, 0.2) is 66.7 Å². The number of aliphatic carboxylic acids is 1. The number of para-hydroxylation sites is 2. The summed E-state index contributed by atoms with van der Waals surface area (Å²) in [7, 11) is 1.65. The molecule has 3 unspecified atom stereocenters. The van der Waals surface area contributed by atoms with Crippen LogP contribution in [0.1, 0.15) is 30.9 Å². The van der Waals surface area contributed by atoms with Crippen LogP contribution in [0.5, 0.6) is 11.5 Å². The minimum atomic E-state index is -0.794. The van der Waals surface area contributed by atoms with Gasteiger partial charge in [-0.3, -0.25) is 4.79 Å². The van der Waals surface area contributed by atoms with Gasteiger partial charge in [-0.25, -0.2) is 0 Å². The van der Waals surface area contributed by atoms with E-state index in [0.717, 1.165) is 17.1 Å². The van der Waals surface area contributed by atoms with E-state index in [1.165, 1.54) is 0 Å². The van der Waals surface area contributed by atoms with Crippen molar-refractivity contribution in [2.24, 2.45) is 5.92 Å². The number of carboxylic acids is 1. The molecular weight excluding hydrogens is 384 g/mol. The van der Waals surface area contributed by atoms with Gasteiger partial charge < -0.3 is 24.1 Å². The van der Waals surface area contributed by atoms with E-state index in [1.807, 2.05) is 66.7 Å². The standard InChI is InChI=1S/C24H28O6/c1-27-21-14-9-8-13-20(21)24-18(10-4-2-7-15-22(25)26)16-29-23(30-24)17-28-19-11-5-3-6-12-19/h2-6,8-9,11-14,18,23-24H,7,10,15-17H2,1H3,(H,25,26)/b4-2-. The number of hydrogen-bond acceptors (Lipinski definition) is 5. The second kappa shape index (κ2) is 11.4. The van der Waals surface area contributed by atoms with Crippen LogP contribution in [-0.2, 0) is 14.3 Å². The zero-order valence-corrected chi connectivity index (χ0v) is 17.1. The lowest BCUT2D eigenvalue weighted by molar-refractivity contribution is -0.247. The molecule has 2 aromatic rings. The van der Waals surface area contributed by atoms with Gasteiger partial charge in [-0.15, -0.1) is 0 Å². The molecule has 6 heteroatoms. The predicted molar refractivity (Wildman–Crippen MR) is 113 cm³/mol. The maximum atomic E-state index is 10.7. The van der Waals surface area contributed by atoms with Crippen LogP contribution in [0.4, 0.5) is 0 Å². The Kier molecular flexibility index (Phi) is 8.30. The maximum absolute atomic E-state index is 10.7. The zero-order valence-electron chi connectivity index (χ0n) is 17.1. The molecule has 3 atom stereocenters. The van der Waals surface area contributed by atoms with Gasteiger partial charge >= 0.3 is 5.97 Å². The Hall–Kier alpha value is -2.83. The summed E-state index contributed by atoms with van der Waals surface area (Å²) in [5.41, 5.74) is 0.969. The van der Waals surface area contributed by atoms with Crippen LogP contribution in [-0.4, -0.2) is 37.7 Å². The Balaban J connectivity index is 1.67. The van der Waals surface area contributed by atoms with E-state index in [4.69, 9.17) is 24.1 Å². The van der Waals surface area contributed by atoms with Gasteiger partial charge in [0.15, 0.2) is 6.29 Å². The highest BCUT2D eigenvalue weighted by molar-refractivity contribution is 5.66. The van der Waals surface area contributed by atoms with E-state index in [-0.39, 0.29) is 25.0 Å². The first-order valence-corrected chi connectivity index (χ1v) is 10.1. The molecule has 3 rings (SSSR count). The van der Waals surface area contributed by atoms with Crippen molar-refractivity contribution in [2.75, 3.05) is 20.3 Å². The number of carbonyl (C=O) groups is 1. The number of rotatable bonds is 10. The molecule has 1 aliphatic heterocycles. The van der Waals surface area contributed by atoms with Gasteiger partial charge in [0.05, 0.1) is 19.8 Å². The van der Waals surface area contributed by atoms with Crippen molar-refractivity contribution in [2.45, 2.75) is 31.7 Å². The highest BCUT2D eigenvalue weighted by Gasteiger charge is 2.34.